The van der Waals surface area contributed by atoms with Crippen LogP contribution in [0.2, 0.25) is 0 Å². The number of anilines is 1. The third-order valence-electron chi connectivity index (χ3n) is 5.76. The zero-order valence-corrected chi connectivity index (χ0v) is 18.3. The second-order valence-corrected chi connectivity index (χ2v) is 7.55. The van der Waals surface area contributed by atoms with E-state index in [4.69, 9.17) is 18.9 Å². The predicted molar refractivity (Wildman–Crippen MR) is 121 cm³/mol. The molecule has 2 aliphatic rings. The van der Waals surface area contributed by atoms with Crippen LogP contribution in [-0.2, 0) is 9.59 Å². The van der Waals surface area contributed by atoms with Crippen LogP contribution in [0, 0.1) is 0 Å². The van der Waals surface area contributed by atoms with Crippen LogP contribution in [0.1, 0.15) is 17.2 Å². The number of aliphatic hydroxyl groups is 1. The number of ketones is 1. The lowest BCUT2D eigenvalue weighted by Gasteiger charge is -2.25. The Bertz CT molecular complexity index is 1320. The molecule has 34 heavy (non-hydrogen) atoms. The van der Waals surface area contributed by atoms with E-state index >= 15 is 0 Å². The maximum atomic E-state index is 13.3. The molecule has 1 N–H and O–H groups in total. The number of aromatic nitrogens is 1. The highest BCUT2D eigenvalue weighted by Crippen LogP contribution is 2.45. The molecule has 1 saturated heterocycles. The van der Waals surface area contributed by atoms with Gasteiger partial charge in [0.15, 0.2) is 11.5 Å². The van der Waals surface area contributed by atoms with Crippen molar-refractivity contribution >= 4 is 23.1 Å². The Labute approximate surface area is 194 Å². The molecule has 172 valence electrons. The molecule has 1 atom stereocenters. The van der Waals surface area contributed by atoms with Gasteiger partial charge in [0.2, 0.25) is 6.79 Å². The summed E-state index contributed by atoms with van der Waals surface area (Å²) in [6, 6.07) is 12.3. The molecule has 1 fully saturated rings. The molecule has 2 aliphatic heterocycles. The number of methoxy groups -OCH3 is 2. The summed E-state index contributed by atoms with van der Waals surface area (Å²) in [5.41, 5.74) is 1.16. The van der Waals surface area contributed by atoms with Crippen LogP contribution in [0.25, 0.3) is 5.76 Å². The zero-order chi connectivity index (χ0) is 23.8. The van der Waals surface area contributed by atoms with Crippen LogP contribution in [0.15, 0.2) is 66.5 Å². The number of fused-ring (bicyclic) bond motifs is 1. The molecule has 9 heteroatoms. The highest BCUT2D eigenvalue weighted by molar-refractivity contribution is 6.51. The zero-order valence-electron chi connectivity index (χ0n) is 18.3. The number of carbonyl (C=O) groups is 2. The second kappa shape index (κ2) is 8.43. The number of ether oxygens (including phenoxy) is 4. The smallest absolute Gasteiger partial charge is 0.300 e. The SMILES string of the molecule is COc1ccc(OC)c(/C(O)=C2\C(=O)C(=O)N(c3ccc4c(c3)OCO4)C2c2ccncc2)c1. The standard InChI is InChI=1S/C25H20N2O7/c1-31-16-4-6-18(32-2)17(12-16)23(28)21-22(14-7-9-26-10-8-14)27(25(30)24(21)29)15-3-5-19-20(11-15)34-13-33-19/h3-12,22,28H,13H2,1-2H3/b23-21+. The van der Waals surface area contributed by atoms with Crippen LogP contribution >= 0.6 is 0 Å². The van der Waals surface area contributed by atoms with Crippen molar-refractivity contribution in [3.8, 4) is 23.0 Å². The molecular weight excluding hydrogens is 440 g/mol. The van der Waals surface area contributed by atoms with Gasteiger partial charge in [0.05, 0.1) is 31.4 Å². The van der Waals surface area contributed by atoms with E-state index in [1.807, 2.05) is 0 Å². The van der Waals surface area contributed by atoms with Crippen LogP contribution in [0.5, 0.6) is 23.0 Å². The Morgan fingerprint density at radius 3 is 2.50 bits per heavy atom. The number of nitrogens with zero attached hydrogens (tertiary/aromatic N) is 2. The molecule has 0 spiro atoms. The van der Waals surface area contributed by atoms with Gasteiger partial charge < -0.3 is 24.1 Å². The lowest BCUT2D eigenvalue weighted by atomic mass is 9.95. The Morgan fingerprint density at radius 2 is 1.76 bits per heavy atom. The van der Waals surface area contributed by atoms with Crippen molar-refractivity contribution in [2.75, 3.05) is 25.9 Å². The van der Waals surface area contributed by atoms with E-state index in [1.165, 1.54) is 19.1 Å². The Hall–Kier alpha value is -4.53. The number of rotatable bonds is 5. The summed E-state index contributed by atoms with van der Waals surface area (Å²) < 4.78 is 21.5. The fourth-order valence-electron chi connectivity index (χ4n) is 4.14. The van der Waals surface area contributed by atoms with Crippen LogP contribution < -0.4 is 23.8 Å². The number of Topliss-reactive ketones (excluding diaryl/α,β-unsaturated/α-hetero) is 1. The van der Waals surface area contributed by atoms with Gasteiger partial charge in [-0.15, -0.1) is 0 Å². The quantitative estimate of drug-likeness (QED) is 0.351. The maximum Gasteiger partial charge on any atom is 0.300 e. The molecule has 1 amide bonds. The average molecular weight is 460 g/mol. The molecule has 1 unspecified atom stereocenters. The van der Waals surface area contributed by atoms with Gasteiger partial charge >= 0.3 is 0 Å². The number of amides is 1. The molecule has 1 aromatic heterocycles. The van der Waals surface area contributed by atoms with Crippen molar-refractivity contribution in [1.82, 2.24) is 4.98 Å². The first kappa shape index (κ1) is 21.3. The first-order valence-corrected chi connectivity index (χ1v) is 10.4. The first-order valence-electron chi connectivity index (χ1n) is 10.4. The Morgan fingerprint density at radius 1 is 1.00 bits per heavy atom. The first-order chi connectivity index (χ1) is 16.5. The molecule has 0 aliphatic carbocycles. The number of pyridine rings is 1. The fraction of sp³-hybridized carbons (Fsp3) is 0.160. The van der Waals surface area contributed by atoms with E-state index in [-0.39, 0.29) is 23.7 Å². The molecule has 0 saturated carbocycles. The monoisotopic (exact) mass is 460 g/mol. The predicted octanol–water partition coefficient (Wildman–Crippen LogP) is 3.45. The van der Waals surface area contributed by atoms with E-state index in [1.54, 1.807) is 60.9 Å². The van der Waals surface area contributed by atoms with Crippen molar-refractivity contribution in [2.45, 2.75) is 6.04 Å². The summed E-state index contributed by atoms with van der Waals surface area (Å²) in [7, 11) is 2.94. The molecular formula is C25H20N2O7. The van der Waals surface area contributed by atoms with Gasteiger partial charge in [0.1, 0.15) is 17.3 Å². The van der Waals surface area contributed by atoms with Crippen LogP contribution in [-0.4, -0.2) is 42.8 Å². The number of benzene rings is 2. The minimum atomic E-state index is -0.917. The normalized spacial score (nSPS) is 18.3. The van der Waals surface area contributed by atoms with Crippen molar-refractivity contribution in [2.24, 2.45) is 0 Å². The largest absolute Gasteiger partial charge is 0.507 e. The lowest BCUT2D eigenvalue weighted by Crippen LogP contribution is -2.29. The molecule has 0 radical (unpaired) electrons. The maximum absolute atomic E-state index is 13.3. The van der Waals surface area contributed by atoms with Gasteiger partial charge in [-0.25, -0.2) is 0 Å². The van der Waals surface area contributed by atoms with Gasteiger partial charge in [-0.2, -0.15) is 0 Å². The van der Waals surface area contributed by atoms with Gasteiger partial charge in [-0.3, -0.25) is 19.5 Å². The van der Waals surface area contributed by atoms with Gasteiger partial charge in [-0.05, 0) is 48.0 Å². The molecule has 9 nitrogen and oxygen atoms in total. The molecule has 3 aromatic rings. The molecule has 5 rings (SSSR count). The summed E-state index contributed by atoms with van der Waals surface area (Å²) in [6.07, 6.45) is 3.11. The van der Waals surface area contributed by atoms with E-state index in [2.05, 4.69) is 4.98 Å². The molecule has 3 heterocycles. The summed E-state index contributed by atoms with van der Waals surface area (Å²) in [4.78, 5) is 32.0. The summed E-state index contributed by atoms with van der Waals surface area (Å²) in [6.45, 7) is 0.0705. The van der Waals surface area contributed by atoms with Gasteiger partial charge in [0.25, 0.3) is 11.7 Å². The minimum Gasteiger partial charge on any atom is -0.507 e. The number of aliphatic hydroxyl groups excluding tert-OH is 1. The van der Waals surface area contributed by atoms with Gasteiger partial charge in [0, 0.05) is 24.1 Å². The number of carbonyl (C=O) groups excluding carboxylic acids is 2. The van der Waals surface area contributed by atoms with Crippen LogP contribution in [0.4, 0.5) is 5.69 Å². The Kier molecular flexibility index (Phi) is 5.29. The molecule has 0 bridgehead atoms. The third kappa shape index (κ3) is 3.38. The van der Waals surface area contributed by atoms with E-state index in [9.17, 15) is 14.7 Å². The summed E-state index contributed by atoms with van der Waals surface area (Å²) >= 11 is 0. The topological polar surface area (TPSA) is 107 Å². The summed E-state index contributed by atoms with van der Waals surface area (Å²) in [5, 5.41) is 11.4. The average Bonchev–Trinajstić information content (AvgIpc) is 3.45. The van der Waals surface area contributed by atoms with E-state index < -0.39 is 17.7 Å². The van der Waals surface area contributed by atoms with E-state index in [0.29, 0.717) is 34.2 Å². The lowest BCUT2D eigenvalue weighted by molar-refractivity contribution is -0.132. The van der Waals surface area contributed by atoms with Crippen molar-refractivity contribution in [1.29, 1.82) is 0 Å². The van der Waals surface area contributed by atoms with Crippen molar-refractivity contribution in [3.05, 3.63) is 77.6 Å². The Balaban J connectivity index is 1.72. The number of hydrogen-bond acceptors (Lipinski definition) is 8. The minimum absolute atomic E-state index is 0.0705. The van der Waals surface area contributed by atoms with Crippen molar-refractivity contribution < 1.29 is 33.6 Å². The molecule has 2 aromatic carbocycles. The van der Waals surface area contributed by atoms with Crippen molar-refractivity contribution in [3.63, 3.8) is 0 Å². The summed E-state index contributed by atoms with van der Waals surface area (Å²) in [5.74, 6) is -0.219. The van der Waals surface area contributed by atoms with Crippen LogP contribution in [0.3, 0.4) is 0 Å². The highest BCUT2D eigenvalue weighted by atomic mass is 16.7. The fourth-order valence-corrected chi connectivity index (χ4v) is 4.14. The second-order valence-electron chi connectivity index (χ2n) is 7.55. The number of hydrogen-bond donors (Lipinski definition) is 1. The van der Waals surface area contributed by atoms with E-state index in [0.717, 1.165) is 0 Å². The third-order valence-corrected chi connectivity index (χ3v) is 5.76. The van der Waals surface area contributed by atoms with Gasteiger partial charge in [-0.1, -0.05) is 0 Å². The highest BCUT2D eigenvalue weighted by Gasteiger charge is 2.47.